The van der Waals surface area contributed by atoms with Crippen LogP contribution in [0, 0.1) is 17.8 Å². The molecular formula is C35H46ClN3O4S. The molecule has 0 aliphatic heterocycles. The van der Waals surface area contributed by atoms with E-state index in [1.54, 1.807) is 13.0 Å². The van der Waals surface area contributed by atoms with Gasteiger partial charge in [-0.05, 0) is 111 Å². The molecule has 5 saturated carbocycles. The number of anilines is 1. The van der Waals surface area contributed by atoms with Gasteiger partial charge in [-0.3, -0.25) is 13.9 Å². The van der Waals surface area contributed by atoms with Crippen LogP contribution in [0.3, 0.4) is 0 Å². The number of benzene rings is 2. The first-order valence-electron chi connectivity index (χ1n) is 16.4. The zero-order valence-corrected chi connectivity index (χ0v) is 27.6. The zero-order chi connectivity index (χ0) is 31.1. The monoisotopic (exact) mass is 639 g/mol. The Morgan fingerprint density at radius 2 is 1.52 bits per heavy atom. The number of halogens is 1. The fourth-order valence-corrected chi connectivity index (χ4v) is 10.1. The topological polar surface area (TPSA) is 86.8 Å². The summed E-state index contributed by atoms with van der Waals surface area (Å²) in [6.07, 6.45) is 14.1. The van der Waals surface area contributed by atoms with E-state index in [1.165, 1.54) is 59.7 Å². The Kier molecular flexibility index (Phi) is 9.04. The van der Waals surface area contributed by atoms with Gasteiger partial charge in [-0.2, -0.15) is 0 Å². The fraction of sp³-hybridized carbons (Fsp3) is 0.600. The van der Waals surface area contributed by atoms with Crippen molar-refractivity contribution in [3.8, 4) is 0 Å². The third-order valence-corrected chi connectivity index (χ3v) is 12.4. The molecule has 2 aromatic carbocycles. The van der Waals surface area contributed by atoms with Crippen LogP contribution in [-0.4, -0.2) is 50.0 Å². The van der Waals surface area contributed by atoms with Crippen LogP contribution in [0.25, 0.3) is 0 Å². The van der Waals surface area contributed by atoms with Gasteiger partial charge in [0.15, 0.2) is 0 Å². The lowest BCUT2D eigenvalue weighted by Crippen LogP contribution is -2.53. The van der Waals surface area contributed by atoms with Gasteiger partial charge in [-0.1, -0.05) is 61.2 Å². The maximum Gasteiger partial charge on any atom is 0.244 e. The minimum atomic E-state index is -3.79. The van der Waals surface area contributed by atoms with Crippen LogP contribution >= 0.6 is 11.6 Å². The second-order valence-electron chi connectivity index (χ2n) is 14.1. The van der Waals surface area contributed by atoms with Crippen LogP contribution in [0.15, 0.2) is 48.5 Å². The van der Waals surface area contributed by atoms with E-state index in [4.69, 9.17) is 11.6 Å². The predicted octanol–water partition coefficient (Wildman–Crippen LogP) is 6.44. The number of nitrogens with one attached hydrogen (secondary N) is 1. The van der Waals surface area contributed by atoms with Gasteiger partial charge in [0.05, 0.1) is 11.9 Å². The third-order valence-electron chi connectivity index (χ3n) is 10.9. The summed E-state index contributed by atoms with van der Waals surface area (Å²) < 4.78 is 27.4. The number of nitrogens with zero attached hydrogens (tertiary/aromatic N) is 2. The molecule has 1 N–H and O–H groups in total. The van der Waals surface area contributed by atoms with E-state index in [2.05, 4.69) is 17.4 Å². The van der Waals surface area contributed by atoms with Crippen molar-refractivity contribution in [2.75, 3.05) is 17.1 Å². The summed E-state index contributed by atoms with van der Waals surface area (Å²) in [4.78, 5) is 28.9. The molecule has 5 aliphatic carbocycles. The number of carbonyl (C=O) groups excluding carboxylic acids is 2. The van der Waals surface area contributed by atoms with Gasteiger partial charge in [0, 0.05) is 17.6 Å². The molecule has 0 heterocycles. The van der Waals surface area contributed by atoms with Crippen LogP contribution < -0.4 is 9.62 Å². The van der Waals surface area contributed by atoms with Gasteiger partial charge in [0.25, 0.3) is 0 Å². The number of hydrogen-bond acceptors (Lipinski definition) is 4. The average molecular weight is 640 g/mol. The van der Waals surface area contributed by atoms with Crippen LogP contribution in [0.1, 0.15) is 88.7 Å². The first-order valence-corrected chi connectivity index (χ1v) is 18.6. The number of sulfonamides is 1. The summed E-state index contributed by atoms with van der Waals surface area (Å²) in [5, 5.41) is 3.62. The maximum absolute atomic E-state index is 14.0. The second-order valence-corrected chi connectivity index (χ2v) is 16.5. The Balaban J connectivity index is 1.23. The Labute approximate surface area is 267 Å². The minimum absolute atomic E-state index is 0.0935. The largest absolute Gasteiger partial charge is 0.352 e. The van der Waals surface area contributed by atoms with E-state index in [0.29, 0.717) is 16.3 Å². The van der Waals surface area contributed by atoms with Crippen molar-refractivity contribution < 1.29 is 18.0 Å². The highest BCUT2D eigenvalue weighted by molar-refractivity contribution is 7.92. The Morgan fingerprint density at radius 3 is 2.09 bits per heavy atom. The molecule has 0 aromatic heterocycles. The highest BCUT2D eigenvalue weighted by Crippen LogP contribution is 2.60. The van der Waals surface area contributed by atoms with E-state index in [9.17, 15) is 18.0 Å². The molecule has 0 radical (unpaired) electrons. The van der Waals surface area contributed by atoms with E-state index in [0.717, 1.165) is 49.7 Å². The van der Waals surface area contributed by atoms with Crippen molar-refractivity contribution in [3.63, 3.8) is 0 Å². The van der Waals surface area contributed by atoms with Crippen LogP contribution in [0.5, 0.6) is 0 Å². The molecule has 2 aromatic rings. The van der Waals surface area contributed by atoms with E-state index in [1.807, 2.05) is 30.3 Å². The number of hydrogen-bond donors (Lipinski definition) is 1. The lowest BCUT2D eigenvalue weighted by atomic mass is 9.48. The molecule has 7 rings (SSSR count). The summed E-state index contributed by atoms with van der Waals surface area (Å²) in [5.74, 6) is 1.75. The molecule has 5 aliphatic rings. The quantitative estimate of drug-likeness (QED) is 0.324. The Hall–Kier alpha value is -2.58. The zero-order valence-electron chi connectivity index (χ0n) is 26.0. The molecule has 0 saturated heterocycles. The van der Waals surface area contributed by atoms with Crippen molar-refractivity contribution in [1.82, 2.24) is 10.2 Å². The van der Waals surface area contributed by atoms with Crippen molar-refractivity contribution in [2.24, 2.45) is 17.8 Å². The van der Waals surface area contributed by atoms with Gasteiger partial charge >= 0.3 is 0 Å². The molecule has 238 valence electrons. The molecule has 44 heavy (non-hydrogen) atoms. The normalized spacial score (nSPS) is 27.1. The van der Waals surface area contributed by atoms with Crippen molar-refractivity contribution in [3.05, 3.63) is 64.7 Å². The summed E-state index contributed by atoms with van der Waals surface area (Å²) >= 11 is 6.47. The number of carbonyl (C=O) groups is 2. The Bertz CT molecular complexity index is 1440. The third kappa shape index (κ3) is 6.67. The van der Waals surface area contributed by atoms with Gasteiger partial charge in [-0.25, -0.2) is 8.42 Å². The standard InChI is InChI=1S/C35H46ClN3O4S/c1-24(34(41)37-30-9-4-3-5-10-30)38(22-28-8-6-7-11-32(28)36)33(40)23-39(44(2,42)43)31-14-12-29(13-15-31)35-19-25-16-26(20-35)18-27(17-25)21-35/h6-8,11-15,24-27,30H,3-5,9-10,16-23H2,1-2H3,(H,37,41). The first-order chi connectivity index (χ1) is 21.0. The molecule has 2 amide bonds. The summed E-state index contributed by atoms with van der Waals surface area (Å²) in [6, 6.07) is 14.4. The highest BCUT2D eigenvalue weighted by Gasteiger charge is 2.51. The maximum atomic E-state index is 14.0. The number of amides is 2. The fourth-order valence-electron chi connectivity index (χ4n) is 9.02. The van der Waals surface area contributed by atoms with Gasteiger partial charge < -0.3 is 10.2 Å². The van der Waals surface area contributed by atoms with E-state index in [-0.39, 0.29) is 23.9 Å². The molecule has 4 bridgehead atoms. The summed E-state index contributed by atoms with van der Waals surface area (Å²) in [6.45, 7) is 1.40. The second kappa shape index (κ2) is 12.7. The molecule has 1 unspecified atom stereocenters. The highest BCUT2D eigenvalue weighted by atomic mass is 35.5. The van der Waals surface area contributed by atoms with Crippen LogP contribution in [0.4, 0.5) is 5.69 Å². The lowest BCUT2D eigenvalue weighted by Gasteiger charge is -2.57. The number of rotatable bonds is 10. The van der Waals surface area contributed by atoms with Gasteiger partial charge in [-0.15, -0.1) is 0 Å². The summed E-state index contributed by atoms with van der Waals surface area (Å²) in [5.41, 5.74) is 2.66. The molecular weight excluding hydrogens is 594 g/mol. The van der Waals surface area contributed by atoms with Gasteiger partial charge in [0.2, 0.25) is 21.8 Å². The average Bonchev–Trinajstić information content (AvgIpc) is 2.98. The molecule has 1 atom stereocenters. The first kappa shape index (κ1) is 31.4. The van der Waals surface area contributed by atoms with E-state index < -0.39 is 28.5 Å². The van der Waals surface area contributed by atoms with Crippen molar-refractivity contribution >= 4 is 39.1 Å². The van der Waals surface area contributed by atoms with Crippen LogP contribution in [0.2, 0.25) is 5.02 Å². The molecule has 0 spiro atoms. The van der Waals surface area contributed by atoms with Crippen molar-refractivity contribution in [2.45, 2.75) is 102 Å². The summed E-state index contributed by atoms with van der Waals surface area (Å²) in [7, 11) is -3.79. The van der Waals surface area contributed by atoms with Crippen LogP contribution in [-0.2, 0) is 31.6 Å². The minimum Gasteiger partial charge on any atom is -0.352 e. The molecule has 7 nitrogen and oxygen atoms in total. The lowest BCUT2D eigenvalue weighted by molar-refractivity contribution is -0.139. The predicted molar refractivity (Wildman–Crippen MR) is 175 cm³/mol. The SMILES string of the molecule is CC(C(=O)NC1CCCCC1)N(Cc1ccccc1Cl)C(=O)CN(c1ccc(C23CC4CC(CC(C4)C2)C3)cc1)S(C)(=O)=O. The Morgan fingerprint density at radius 1 is 0.932 bits per heavy atom. The molecule has 5 fully saturated rings. The van der Waals surface area contributed by atoms with Crippen molar-refractivity contribution in [1.29, 1.82) is 0 Å². The van der Waals surface area contributed by atoms with Gasteiger partial charge in [0.1, 0.15) is 12.6 Å². The van der Waals surface area contributed by atoms with E-state index >= 15 is 0 Å². The molecule has 9 heteroatoms. The smallest absolute Gasteiger partial charge is 0.244 e.